The van der Waals surface area contributed by atoms with Crippen molar-refractivity contribution in [3.8, 4) is 0 Å². The molecule has 26 heavy (non-hydrogen) atoms. The van der Waals surface area contributed by atoms with Gasteiger partial charge in [0, 0.05) is 38.6 Å². The molecule has 1 saturated heterocycles. The minimum atomic E-state index is 0. The molecular weight excluding hydrogens is 367 g/mol. The molecule has 0 bridgehead atoms. The molecule has 1 heterocycles. The molecule has 1 atom stereocenters. The van der Waals surface area contributed by atoms with Crippen molar-refractivity contribution < 1.29 is 4.74 Å². The van der Waals surface area contributed by atoms with Crippen molar-refractivity contribution >= 4 is 24.8 Å². The molecule has 0 amide bonds. The predicted octanol–water partition coefficient (Wildman–Crippen LogP) is 3.78. The third-order valence-corrected chi connectivity index (χ3v) is 4.70. The lowest BCUT2D eigenvalue weighted by molar-refractivity contribution is 0.0384. The van der Waals surface area contributed by atoms with E-state index in [-0.39, 0.29) is 24.8 Å². The molecule has 3 rings (SSSR count). The molecule has 5 heteroatoms. The Morgan fingerprint density at radius 2 is 1.50 bits per heavy atom. The Kier molecular flexibility index (Phi) is 11.6. The van der Waals surface area contributed by atoms with Crippen LogP contribution in [0.25, 0.3) is 0 Å². The number of morpholine rings is 1. The van der Waals surface area contributed by atoms with E-state index < -0.39 is 0 Å². The molecule has 2 aromatic carbocycles. The van der Waals surface area contributed by atoms with Gasteiger partial charge in [-0.1, -0.05) is 60.7 Å². The molecule has 3 nitrogen and oxygen atoms in total. The summed E-state index contributed by atoms with van der Waals surface area (Å²) in [6, 6.07) is 21.7. The summed E-state index contributed by atoms with van der Waals surface area (Å²) in [5, 5.41) is 3.67. The van der Waals surface area contributed by atoms with E-state index in [9.17, 15) is 0 Å². The number of rotatable bonds is 8. The van der Waals surface area contributed by atoms with Crippen LogP contribution in [-0.2, 0) is 11.2 Å². The number of hydrogen-bond donors (Lipinski definition) is 1. The van der Waals surface area contributed by atoms with E-state index in [1.165, 1.54) is 11.1 Å². The molecule has 0 saturated carbocycles. The first-order valence-electron chi connectivity index (χ1n) is 9.01. The van der Waals surface area contributed by atoms with Gasteiger partial charge in [-0.25, -0.2) is 0 Å². The molecule has 0 spiro atoms. The van der Waals surface area contributed by atoms with Gasteiger partial charge in [0.15, 0.2) is 0 Å². The summed E-state index contributed by atoms with van der Waals surface area (Å²) in [6.07, 6.45) is 1.08. The minimum absolute atomic E-state index is 0. The van der Waals surface area contributed by atoms with Crippen molar-refractivity contribution in [3.05, 3.63) is 71.8 Å². The summed E-state index contributed by atoms with van der Waals surface area (Å²) in [7, 11) is 0. The van der Waals surface area contributed by atoms with Crippen LogP contribution in [-0.4, -0.2) is 50.8 Å². The maximum atomic E-state index is 5.41. The van der Waals surface area contributed by atoms with E-state index in [0.717, 1.165) is 52.4 Å². The van der Waals surface area contributed by atoms with Gasteiger partial charge < -0.3 is 10.1 Å². The van der Waals surface area contributed by atoms with Crippen molar-refractivity contribution in [2.45, 2.75) is 12.3 Å². The van der Waals surface area contributed by atoms with Gasteiger partial charge in [0.1, 0.15) is 0 Å². The van der Waals surface area contributed by atoms with E-state index in [2.05, 4.69) is 70.9 Å². The fourth-order valence-electron chi connectivity index (χ4n) is 3.27. The SMILES string of the molecule is Cl.Cl.c1ccc(CC(CNCCN2CCOCC2)c2ccccc2)cc1. The Morgan fingerprint density at radius 1 is 0.885 bits per heavy atom. The first-order valence-corrected chi connectivity index (χ1v) is 9.01. The number of nitrogens with zero attached hydrogens (tertiary/aromatic N) is 1. The van der Waals surface area contributed by atoms with Gasteiger partial charge >= 0.3 is 0 Å². The van der Waals surface area contributed by atoms with E-state index in [4.69, 9.17) is 4.74 Å². The zero-order valence-corrected chi connectivity index (χ0v) is 16.8. The number of benzene rings is 2. The zero-order chi connectivity index (χ0) is 16.5. The molecule has 0 radical (unpaired) electrons. The second-order valence-electron chi connectivity index (χ2n) is 6.46. The first kappa shape index (κ1) is 22.9. The lowest BCUT2D eigenvalue weighted by Crippen LogP contribution is -2.40. The van der Waals surface area contributed by atoms with Crippen molar-refractivity contribution in [1.82, 2.24) is 10.2 Å². The van der Waals surface area contributed by atoms with Crippen LogP contribution < -0.4 is 5.32 Å². The average Bonchev–Trinajstić information content (AvgIpc) is 2.66. The summed E-state index contributed by atoms with van der Waals surface area (Å²) < 4.78 is 5.41. The molecule has 1 N–H and O–H groups in total. The van der Waals surface area contributed by atoms with Crippen LogP contribution in [0.5, 0.6) is 0 Å². The Hall–Kier alpha value is -1.10. The molecular formula is C21H30Cl2N2O. The van der Waals surface area contributed by atoms with E-state index in [1.54, 1.807) is 0 Å². The quantitative estimate of drug-likeness (QED) is 0.687. The average molecular weight is 397 g/mol. The van der Waals surface area contributed by atoms with Gasteiger partial charge in [0.25, 0.3) is 0 Å². The van der Waals surface area contributed by atoms with Crippen molar-refractivity contribution in [2.75, 3.05) is 45.9 Å². The van der Waals surface area contributed by atoms with Gasteiger partial charge in [0.2, 0.25) is 0 Å². The summed E-state index contributed by atoms with van der Waals surface area (Å²) >= 11 is 0. The van der Waals surface area contributed by atoms with Crippen LogP contribution in [0, 0.1) is 0 Å². The second kappa shape index (κ2) is 13.1. The number of nitrogens with one attached hydrogen (secondary N) is 1. The summed E-state index contributed by atoms with van der Waals surface area (Å²) in [5.74, 6) is 0.512. The van der Waals surface area contributed by atoms with Gasteiger partial charge in [-0.3, -0.25) is 4.90 Å². The minimum Gasteiger partial charge on any atom is -0.379 e. The van der Waals surface area contributed by atoms with Crippen LogP contribution >= 0.6 is 24.8 Å². The normalized spacial score (nSPS) is 15.5. The second-order valence-corrected chi connectivity index (χ2v) is 6.46. The van der Waals surface area contributed by atoms with E-state index in [1.807, 2.05) is 0 Å². The Morgan fingerprint density at radius 3 is 2.15 bits per heavy atom. The molecule has 1 fully saturated rings. The Balaban J connectivity index is 0.00000169. The van der Waals surface area contributed by atoms with Gasteiger partial charge in [0.05, 0.1) is 13.2 Å². The third-order valence-electron chi connectivity index (χ3n) is 4.70. The highest BCUT2D eigenvalue weighted by molar-refractivity contribution is 5.85. The van der Waals surface area contributed by atoms with E-state index >= 15 is 0 Å². The summed E-state index contributed by atoms with van der Waals surface area (Å²) in [4.78, 5) is 2.48. The van der Waals surface area contributed by atoms with E-state index in [0.29, 0.717) is 5.92 Å². The third kappa shape index (κ3) is 7.65. The fourth-order valence-corrected chi connectivity index (χ4v) is 3.27. The van der Waals surface area contributed by atoms with Gasteiger partial charge in [-0.05, 0) is 17.5 Å². The van der Waals surface area contributed by atoms with Gasteiger partial charge in [-0.2, -0.15) is 0 Å². The van der Waals surface area contributed by atoms with Gasteiger partial charge in [-0.15, -0.1) is 24.8 Å². The topological polar surface area (TPSA) is 24.5 Å². The first-order chi connectivity index (χ1) is 11.9. The number of ether oxygens (including phenoxy) is 1. The maximum absolute atomic E-state index is 5.41. The van der Waals surface area contributed by atoms with Crippen LogP contribution in [0.4, 0.5) is 0 Å². The predicted molar refractivity (Wildman–Crippen MR) is 114 cm³/mol. The molecule has 0 aromatic heterocycles. The largest absolute Gasteiger partial charge is 0.379 e. The summed E-state index contributed by atoms with van der Waals surface area (Å²) in [5.41, 5.74) is 2.82. The smallest absolute Gasteiger partial charge is 0.0594 e. The van der Waals surface area contributed by atoms with Crippen molar-refractivity contribution in [2.24, 2.45) is 0 Å². The number of hydrogen-bond acceptors (Lipinski definition) is 3. The maximum Gasteiger partial charge on any atom is 0.0594 e. The lowest BCUT2D eigenvalue weighted by Gasteiger charge is -2.27. The number of halogens is 2. The van der Waals surface area contributed by atoms with Crippen LogP contribution in [0.3, 0.4) is 0 Å². The standard InChI is InChI=1S/C21H28N2O.2ClH/c1-3-7-19(8-4-1)17-21(20-9-5-2-6-10-20)18-22-11-12-23-13-15-24-16-14-23;;/h1-10,21-22H,11-18H2;2*1H. The fraction of sp³-hybridized carbons (Fsp3) is 0.429. The highest BCUT2D eigenvalue weighted by Gasteiger charge is 2.13. The summed E-state index contributed by atoms with van der Waals surface area (Å²) in [6.45, 7) is 7.04. The van der Waals surface area contributed by atoms with Crippen LogP contribution in [0.2, 0.25) is 0 Å². The zero-order valence-electron chi connectivity index (χ0n) is 15.2. The molecule has 0 aliphatic carbocycles. The monoisotopic (exact) mass is 396 g/mol. The lowest BCUT2D eigenvalue weighted by atomic mass is 9.92. The Labute approximate surface area is 169 Å². The Bertz CT molecular complexity index is 577. The molecule has 1 unspecified atom stereocenters. The molecule has 2 aromatic rings. The molecule has 1 aliphatic heterocycles. The highest BCUT2D eigenvalue weighted by Crippen LogP contribution is 2.20. The highest BCUT2D eigenvalue weighted by atomic mass is 35.5. The molecule has 144 valence electrons. The van der Waals surface area contributed by atoms with Crippen molar-refractivity contribution in [3.63, 3.8) is 0 Å². The van der Waals surface area contributed by atoms with Crippen LogP contribution in [0.1, 0.15) is 17.0 Å². The van der Waals surface area contributed by atoms with Crippen molar-refractivity contribution in [1.29, 1.82) is 0 Å². The molecule has 1 aliphatic rings. The van der Waals surface area contributed by atoms with Crippen LogP contribution in [0.15, 0.2) is 60.7 Å².